The smallest absolute Gasteiger partial charge is 0.191 e. The molecule has 2 rings (SSSR count). The minimum Gasteiger partial charge on any atom is -0.357 e. The lowest BCUT2D eigenvalue weighted by molar-refractivity contribution is 0.122. The third-order valence-corrected chi connectivity index (χ3v) is 7.38. The molecule has 2 aliphatic rings. The highest BCUT2D eigenvalue weighted by molar-refractivity contribution is 14.0. The van der Waals surface area contributed by atoms with Gasteiger partial charge in [0.25, 0.3) is 0 Å². The van der Waals surface area contributed by atoms with Crippen LogP contribution in [0.4, 0.5) is 0 Å². The summed E-state index contributed by atoms with van der Waals surface area (Å²) in [5.74, 6) is 1.69. The number of guanidine groups is 1. The first-order chi connectivity index (χ1) is 12.5. The lowest BCUT2D eigenvalue weighted by atomic mass is 9.95. The van der Waals surface area contributed by atoms with E-state index in [4.69, 9.17) is 4.99 Å². The van der Waals surface area contributed by atoms with E-state index in [0.717, 1.165) is 76.7 Å². The van der Waals surface area contributed by atoms with Gasteiger partial charge in [-0.1, -0.05) is 13.3 Å². The van der Waals surface area contributed by atoms with E-state index in [0.29, 0.717) is 17.3 Å². The van der Waals surface area contributed by atoms with Crippen LogP contribution in [0.1, 0.15) is 46.5 Å². The average molecular weight is 514 g/mol. The first-order valence-electron chi connectivity index (χ1n) is 10.4. The van der Waals surface area contributed by atoms with Crippen molar-refractivity contribution < 1.29 is 4.21 Å². The first-order valence-corrected chi connectivity index (χ1v) is 11.8. The molecule has 1 heterocycles. The number of likely N-dealkylation sites (N-methyl/N-ethyl adjacent to an activating group) is 1. The fraction of sp³-hybridized carbons (Fsp3) is 0.947. The summed E-state index contributed by atoms with van der Waals surface area (Å²) in [4.78, 5) is 9.78. The van der Waals surface area contributed by atoms with Gasteiger partial charge in [0.05, 0.1) is 6.54 Å². The van der Waals surface area contributed by atoms with Gasteiger partial charge in [0, 0.05) is 66.6 Å². The molecule has 27 heavy (non-hydrogen) atoms. The average Bonchev–Trinajstić information content (AvgIpc) is 2.66. The molecule has 1 aliphatic heterocycles. The van der Waals surface area contributed by atoms with E-state index in [1.54, 1.807) is 0 Å². The van der Waals surface area contributed by atoms with Crippen LogP contribution >= 0.6 is 24.0 Å². The van der Waals surface area contributed by atoms with Gasteiger partial charge in [-0.25, -0.2) is 0 Å². The van der Waals surface area contributed by atoms with Crippen molar-refractivity contribution in [2.75, 3.05) is 52.1 Å². The SMILES string of the molecule is CCNC(=NCC(C)N1CCN(C)CC1)NC1CCCC(S(=O)CC)C1.I. The molecule has 0 aromatic heterocycles. The molecule has 0 amide bonds. The van der Waals surface area contributed by atoms with Crippen molar-refractivity contribution in [1.29, 1.82) is 0 Å². The highest BCUT2D eigenvalue weighted by Gasteiger charge is 2.26. The second-order valence-electron chi connectivity index (χ2n) is 7.71. The molecule has 1 saturated heterocycles. The number of nitrogens with one attached hydrogen (secondary N) is 2. The molecule has 0 aromatic rings. The number of halogens is 1. The van der Waals surface area contributed by atoms with E-state index >= 15 is 0 Å². The molecular formula is C19H40IN5OS. The molecule has 0 spiro atoms. The number of piperazine rings is 1. The Morgan fingerprint density at radius 2 is 1.93 bits per heavy atom. The van der Waals surface area contributed by atoms with Gasteiger partial charge < -0.3 is 15.5 Å². The van der Waals surface area contributed by atoms with Gasteiger partial charge in [-0.2, -0.15) is 0 Å². The molecule has 0 bridgehead atoms. The van der Waals surface area contributed by atoms with E-state index in [-0.39, 0.29) is 24.0 Å². The van der Waals surface area contributed by atoms with Crippen molar-refractivity contribution in [3.8, 4) is 0 Å². The monoisotopic (exact) mass is 513 g/mol. The van der Waals surface area contributed by atoms with Crippen molar-refractivity contribution in [1.82, 2.24) is 20.4 Å². The maximum Gasteiger partial charge on any atom is 0.191 e. The Kier molecular flexibility index (Phi) is 12.4. The standard InChI is InChI=1S/C19H39N5OS.HI/c1-5-20-19(21-15-16(3)24-12-10-23(4)11-13-24)22-17-8-7-9-18(14-17)26(25)6-2;/h16-18H,5-15H2,1-4H3,(H2,20,21,22);1H. The van der Waals surface area contributed by atoms with Crippen LogP contribution in [-0.2, 0) is 10.8 Å². The van der Waals surface area contributed by atoms with Gasteiger partial charge in [-0.15, -0.1) is 24.0 Å². The molecule has 2 N–H and O–H groups in total. The number of aliphatic imine (C=N–C) groups is 1. The van der Waals surface area contributed by atoms with Gasteiger partial charge in [-0.3, -0.25) is 14.1 Å². The van der Waals surface area contributed by atoms with Crippen LogP contribution in [0.5, 0.6) is 0 Å². The summed E-state index contributed by atoms with van der Waals surface area (Å²) in [5, 5.41) is 7.34. The molecule has 6 nitrogen and oxygen atoms in total. The first kappa shape index (κ1) is 25.1. The van der Waals surface area contributed by atoms with E-state index in [2.05, 4.69) is 41.3 Å². The Morgan fingerprint density at radius 1 is 1.22 bits per heavy atom. The number of nitrogens with zero attached hydrogens (tertiary/aromatic N) is 3. The second-order valence-corrected chi connectivity index (χ2v) is 9.71. The van der Waals surface area contributed by atoms with Crippen LogP contribution in [0.15, 0.2) is 4.99 Å². The minimum atomic E-state index is -0.681. The van der Waals surface area contributed by atoms with Crippen LogP contribution < -0.4 is 10.6 Å². The van der Waals surface area contributed by atoms with E-state index in [1.807, 2.05) is 6.92 Å². The molecule has 0 aromatic carbocycles. The molecule has 160 valence electrons. The Hall–Kier alpha value is 0.0700. The molecule has 4 atom stereocenters. The number of rotatable bonds is 7. The van der Waals surface area contributed by atoms with Gasteiger partial charge in [0.2, 0.25) is 0 Å². The van der Waals surface area contributed by atoms with Crippen molar-refractivity contribution >= 4 is 40.7 Å². The van der Waals surface area contributed by atoms with E-state index < -0.39 is 10.8 Å². The van der Waals surface area contributed by atoms with Gasteiger partial charge in [-0.05, 0) is 40.2 Å². The van der Waals surface area contributed by atoms with Crippen LogP contribution in [0.2, 0.25) is 0 Å². The van der Waals surface area contributed by atoms with Crippen molar-refractivity contribution in [2.45, 2.75) is 63.8 Å². The predicted molar refractivity (Wildman–Crippen MR) is 128 cm³/mol. The van der Waals surface area contributed by atoms with Crippen LogP contribution in [0, 0.1) is 0 Å². The molecule has 1 saturated carbocycles. The van der Waals surface area contributed by atoms with E-state index in [1.165, 1.54) is 0 Å². The van der Waals surface area contributed by atoms with Crippen LogP contribution in [-0.4, -0.2) is 89.4 Å². The summed E-state index contributed by atoms with van der Waals surface area (Å²) >= 11 is 0. The Morgan fingerprint density at radius 3 is 2.56 bits per heavy atom. The lowest BCUT2D eigenvalue weighted by Gasteiger charge is -2.36. The Bertz CT molecular complexity index is 471. The topological polar surface area (TPSA) is 60.0 Å². The summed E-state index contributed by atoms with van der Waals surface area (Å²) < 4.78 is 12.2. The van der Waals surface area contributed by atoms with Crippen LogP contribution in [0.25, 0.3) is 0 Å². The van der Waals surface area contributed by atoms with Crippen LogP contribution in [0.3, 0.4) is 0 Å². The van der Waals surface area contributed by atoms with Gasteiger partial charge >= 0.3 is 0 Å². The molecule has 4 unspecified atom stereocenters. The van der Waals surface area contributed by atoms with Gasteiger partial charge in [0.15, 0.2) is 5.96 Å². The Balaban J connectivity index is 0.00000364. The third-order valence-electron chi connectivity index (χ3n) is 5.64. The van der Waals surface area contributed by atoms with Crippen molar-refractivity contribution in [3.63, 3.8) is 0 Å². The highest BCUT2D eigenvalue weighted by atomic mass is 127. The lowest BCUT2D eigenvalue weighted by Crippen LogP contribution is -2.50. The Labute approximate surface area is 185 Å². The molecule has 0 radical (unpaired) electrons. The largest absolute Gasteiger partial charge is 0.357 e. The van der Waals surface area contributed by atoms with Gasteiger partial charge in [0.1, 0.15) is 0 Å². The third kappa shape index (κ3) is 8.53. The predicted octanol–water partition coefficient (Wildman–Crippen LogP) is 1.88. The van der Waals surface area contributed by atoms with Crippen molar-refractivity contribution in [2.24, 2.45) is 4.99 Å². The quantitative estimate of drug-likeness (QED) is 0.309. The fourth-order valence-electron chi connectivity index (χ4n) is 3.87. The molecule has 1 aliphatic carbocycles. The molecule has 2 fully saturated rings. The molecular weight excluding hydrogens is 473 g/mol. The normalized spacial score (nSPS) is 27.5. The second kappa shape index (κ2) is 13.3. The van der Waals surface area contributed by atoms with E-state index in [9.17, 15) is 4.21 Å². The minimum absolute atomic E-state index is 0. The maximum atomic E-state index is 12.2. The summed E-state index contributed by atoms with van der Waals surface area (Å²) in [6.07, 6.45) is 4.41. The summed E-state index contributed by atoms with van der Waals surface area (Å²) in [6, 6.07) is 0.854. The zero-order valence-electron chi connectivity index (χ0n) is 17.6. The maximum absolute atomic E-state index is 12.2. The highest BCUT2D eigenvalue weighted by Crippen LogP contribution is 2.23. The fourth-order valence-corrected chi connectivity index (χ4v) is 5.21. The zero-order valence-corrected chi connectivity index (χ0v) is 20.7. The molecule has 8 heteroatoms. The number of hydrogen-bond acceptors (Lipinski definition) is 4. The van der Waals surface area contributed by atoms with Crippen molar-refractivity contribution in [3.05, 3.63) is 0 Å². The zero-order chi connectivity index (χ0) is 18.9. The summed E-state index contributed by atoms with van der Waals surface area (Å²) in [7, 11) is 1.51. The summed E-state index contributed by atoms with van der Waals surface area (Å²) in [6.45, 7) is 12.6. The number of hydrogen-bond donors (Lipinski definition) is 2. The summed E-state index contributed by atoms with van der Waals surface area (Å²) in [5.41, 5.74) is 0.